The number of hydrogen-bond acceptors (Lipinski definition) is 6. The third-order valence-electron chi connectivity index (χ3n) is 2.69. The molecule has 6 heteroatoms. The molecule has 1 aliphatic rings. The molecule has 1 atom stereocenters. The Balaban J connectivity index is 1.97. The zero-order chi connectivity index (χ0) is 13.5. The largest absolute Gasteiger partial charge is 0.462 e. The first-order chi connectivity index (χ1) is 9.31. The number of anilines is 1. The van der Waals surface area contributed by atoms with Gasteiger partial charge in [-0.2, -0.15) is 23.5 Å². The fourth-order valence-corrected chi connectivity index (χ4v) is 4.40. The molecule has 0 amide bonds. The highest BCUT2D eigenvalue weighted by Crippen LogP contribution is 2.24. The zero-order valence-corrected chi connectivity index (χ0v) is 12.6. The predicted octanol–water partition coefficient (Wildman–Crippen LogP) is 2.52. The summed E-state index contributed by atoms with van der Waals surface area (Å²) in [5, 5.41) is 3.86. The van der Waals surface area contributed by atoms with Crippen LogP contribution in [0.1, 0.15) is 17.3 Å². The van der Waals surface area contributed by atoms with Gasteiger partial charge in [-0.05, 0) is 19.1 Å². The summed E-state index contributed by atoms with van der Waals surface area (Å²) in [6.45, 7) is 3.01. The molecule has 104 valence electrons. The van der Waals surface area contributed by atoms with Gasteiger partial charge in [0.1, 0.15) is 11.4 Å². The lowest BCUT2D eigenvalue weighted by Gasteiger charge is -2.21. The Morgan fingerprint density at radius 1 is 1.58 bits per heavy atom. The Labute approximate surface area is 122 Å². The van der Waals surface area contributed by atoms with Crippen molar-refractivity contribution in [3.8, 4) is 0 Å². The number of thioether (sulfide) groups is 2. The van der Waals surface area contributed by atoms with Crippen LogP contribution in [-0.4, -0.2) is 46.6 Å². The molecular weight excluding hydrogens is 280 g/mol. The van der Waals surface area contributed by atoms with Crippen molar-refractivity contribution in [3.63, 3.8) is 0 Å². The van der Waals surface area contributed by atoms with E-state index in [-0.39, 0.29) is 5.97 Å². The van der Waals surface area contributed by atoms with E-state index >= 15 is 0 Å². The fourth-order valence-electron chi connectivity index (χ4n) is 1.78. The maximum absolute atomic E-state index is 11.8. The van der Waals surface area contributed by atoms with Crippen molar-refractivity contribution in [1.29, 1.82) is 0 Å². The van der Waals surface area contributed by atoms with Crippen LogP contribution in [0.25, 0.3) is 0 Å². The van der Waals surface area contributed by atoms with Crippen molar-refractivity contribution in [2.45, 2.75) is 12.2 Å². The molecular formula is C13H18N2O2S2. The molecule has 19 heavy (non-hydrogen) atoms. The van der Waals surface area contributed by atoms with Gasteiger partial charge in [-0.3, -0.25) is 0 Å². The summed E-state index contributed by atoms with van der Waals surface area (Å²) in [6.07, 6.45) is 1.69. The Bertz CT molecular complexity index is 423. The highest BCUT2D eigenvalue weighted by molar-refractivity contribution is 8.06. The Morgan fingerprint density at radius 3 is 3.21 bits per heavy atom. The molecule has 0 aliphatic carbocycles. The third kappa shape index (κ3) is 4.31. The number of aromatic nitrogens is 1. The molecule has 1 unspecified atom stereocenters. The van der Waals surface area contributed by atoms with Crippen molar-refractivity contribution < 1.29 is 9.53 Å². The lowest BCUT2D eigenvalue weighted by atomic mass is 10.2. The number of esters is 1. The van der Waals surface area contributed by atoms with E-state index in [2.05, 4.69) is 10.3 Å². The van der Waals surface area contributed by atoms with Gasteiger partial charge in [0.2, 0.25) is 0 Å². The maximum Gasteiger partial charge on any atom is 0.341 e. The summed E-state index contributed by atoms with van der Waals surface area (Å²) in [7, 11) is 0. The van der Waals surface area contributed by atoms with Crippen molar-refractivity contribution in [2.75, 3.05) is 35.7 Å². The van der Waals surface area contributed by atoms with Gasteiger partial charge in [-0.1, -0.05) is 0 Å². The van der Waals surface area contributed by atoms with Crippen LogP contribution in [0, 0.1) is 0 Å². The molecule has 2 heterocycles. The number of rotatable bonds is 5. The van der Waals surface area contributed by atoms with Gasteiger partial charge in [0, 0.05) is 35.3 Å². The number of pyridine rings is 1. The average molecular weight is 298 g/mol. The molecule has 1 aliphatic heterocycles. The first kappa shape index (κ1) is 14.5. The lowest BCUT2D eigenvalue weighted by Crippen LogP contribution is -2.24. The minimum absolute atomic E-state index is 0.316. The molecule has 0 radical (unpaired) electrons. The highest BCUT2D eigenvalue weighted by atomic mass is 32.2. The molecule has 0 spiro atoms. The number of nitrogens with one attached hydrogen (secondary N) is 1. The van der Waals surface area contributed by atoms with Crippen LogP contribution in [0.3, 0.4) is 0 Å². The minimum atomic E-state index is -0.316. The summed E-state index contributed by atoms with van der Waals surface area (Å²) >= 11 is 3.96. The lowest BCUT2D eigenvalue weighted by molar-refractivity contribution is 0.0527. The molecule has 1 aromatic rings. The third-order valence-corrected chi connectivity index (χ3v) is 5.53. The molecule has 2 rings (SSSR count). The van der Waals surface area contributed by atoms with E-state index in [4.69, 9.17) is 4.74 Å². The monoisotopic (exact) mass is 298 g/mol. The fraction of sp³-hybridized carbons (Fsp3) is 0.538. The van der Waals surface area contributed by atoms with Gasteiger partial charge in [0.05, 0.1) is 6.61 Å². The Kier molecular flexibility index (Phi) is 5.85. The van der Waals surface area contributed by atoms with Crippen LogP contribution in [0.15, 0.2) is 18.3 Å². The average Bonchev–Trinajstić information content (AvgIpc) is 2.47. The number of ether oxygens (including phenoxy) is 1. The van der Waals surface area contributed by atoms with Gasteiger partial charge in [-0.15, -0.1) is 0 Å². The van der Waals surface area contributed by atoms with Crippen LogP contribution >= 0.6 is 23.5 Å². The van der Waals surface area contributed by atoms with Crippen LogP contribution in [0.5, 0.6) is 0 Å². The van der Waals surface area contributed by atoms with Crippen molar-refractivity contribution in [1.82, 2.24) is 4.98 Å². The topological polar surface area (TPSA) is 51.2 Å². The van der Waals surface area contributed by atoms with Crippen molar-refractivity contribution in [2.24, 2.45) is 0 Å². The Morgan fingerprint density at radius 2 is 2.47 bits per heavy atom. The van der Waals surface area contributed by atoms with Gasteiger partial charge in [0.25, 0.3) is 0 Å². The molecule has 0 saturated carbocycles. The molecule has 4 nitrogen and oxygen atoms in total. The predicted molar refractivity (Wildman–Crippen MR) is 82.3 cm³/mol. The molecule has 1 N–H and O–H groups in total. The standard InChI is InChI=1S/C13H18N2O2S2/c1-2-17-13(16)11-4-3-5-14-12(11)15-8-10-9-18-6-7-19-10/h3-5,10H,2,6-9H2,1H3,(H,14,15). The van der Waals surface area contributed by atoms with Crippen LogP contribution in [0.2, 0.25) is 0 Å². The van der Waals surface area contributed by atoms with E-state index in [9.17, 15) is 4.79 Å². The van der Waals surface area contributed by atoms with Crippen LogP contribution in [-0.2, 0) is 4.74 Å². The summed E-state index contributed by atoms with van der Waals surface area (Å²) in [6, 6.07) is 3.50. The van der Waals surface area contributed by atoms with Gasteiger partial charge in [-0.25, -0.2) is 9.78 Å². The van der Waals surface area contributed by atoms with Crippen molar-refractivity contribution in [3.05, 3.63) is 23.9 Å². The van der Waals surface area contributed by atoms with E-state index in [0.717, 1.165) is 12.3 Å². The first-order valence-corrected chi connectivity index (χ1v) is 8.57. The molecule has 1 aromatic heterocycles. The smallest absolute Gasteiger partial charge is 0.341 e. The molecule has 0 bridgehead atoms. The van der Waals surface area contributed by atoms with Crippen LogP contribution < -0.4 is 5.32 Å². The second-order valence-electron chi connectivity index (χ2n) is 4.07. The van der Waals surface area contributed by atoms with Gasteiger partial charge in [0.15, 0.2) is 0 Å². The molecule has 1 fully saturated rings. The van der Waals surface area contributed by atoms with E-state index in [1.54, 1.807) is 25.3 Å². The summed E-state index contributed by atoms with van der Waals surface area (Å²) in [5.74, 6) is 3.89. The number of nitrogens with zero attached hydrogens (tertiary/aromatic N) is 1. The van der Waals surface area contributed by atoms with E-state index in [1.807, 2.05) is 23.5 Å². The molecule has 0 aromatic carbocycles. The Hall–Kier alpha value is -0.880. The van der Waals surface area contributed by atoms with Crippen molar-refractivity contribution >= 4 is 35.3 Å². The summed E-state index contributed by atoms with van der Waals surface area (Å²) < 4.78 is 5.03. The van der Waals surface area contributed by atoms with E-state index < -0.39 is 0 Å². The number of carbonyl (C=O) groups excluding carboxylic acids is 1. The minimum Gasteiger partial charge on any atom is -0.462 e. The summed E-state index contributed by atoms with van der Waals surface area (Å²) in [4.78, 5) is 16.0. The zero-order valence-electron chi connectivity index (χ0n) is 10.9. The first-order valence-electron chi connectivity index (χ1n) is 6.36. The quantitative estimate of drug-likeness (QED) is 0.843. The second kappa shape index (κ2) is 7.65. The maximum atomic E-state index is 11.8. The SMILES string of the molecule is CCOC(=O)c1cccnc1NCC1CSCCS1. The van der Waals surface area contributed by atoms with Crippen LogP contribution in [0.4, 0.5) is 5.82 Å². The van der Waals surface area contributed by atoms with E-state index in [1.165, 1.54) is 11.5 Å². The number of carbonyl (C=O) groups is 1. The highest BCUT2D eigenvalue weighted by Gasteiger charge is 2.17. The normalized spacial score (nSPS) is 18.9. The summed E-state index contributed by atoms with van der Waals surface area (Å²) in [5.41, 5.74) is 0.512. The van der Waals surface area contributed by atoms with Gasteiger partial charge >= 0.3 is 5.97 Å². The van der Waals surface area contributed by atoms with Gasteiger partial charge < -0.3 is 10.1 Å². The van der Waals surface area contributed by atoms with E-state index in [0.29, 0.717) is 23.2 Å². The number of hydrogen-bond donors (Lipinski definition) is 1. The second-order valence-corrected chi connectivity index (χ2v) is 6.63. The molecule has 1 saturated heterocycles.